The SMILES string of the molecule is C=CNC1CC(COS(=O)(=O)c2ccc(C)cc2)C1. The van der Waals surface area contributed by atoms with Crippen molar-refractivity contribution in [2.24, 2.45) is 5.92 Å². The molecule has 1 aromatic rings. The van der Waals surface area contributed by atoms with Crippen molar-refractivity contribution in [3.05, 3.63) is 42.6 Å². The first kappa shape index (κ1) is 14.1. The average Bonchev–Trinajstić information content (AvgIpc) is 2.32. The van der Waals surface area contributed by atoms with Crippen LogP contribution in [-0.4, -0.2) is 21.1 Å². The van der Waals surface area contributed by atoms with Crippen molar-refractivity contribution in [1.82, 2.24) is 5.32 Å². The molecule has 0 heterocycles. The number of aryl methyl sites for hydroxylation is 1. The van der Waals surface area contributed by atoms with E-state index in [9.17, 15) is 8.42 Å². The van der Waals surface area contributed by atoms with E-state index in [1.165, 1.54) is 0 Å². The molecule has 0 aliphatic heterocycles. The van der Waals surface area contributed by atoms with Crippen LogP contribution in [-0.2, 0) is 14.3 Å². The molecule has 19 heavy (non-hydrogen) atoms. The topological polar surface area (TPSA) is 55.4 Å². The van der Waals surface area contributed by atoms with E-state index in [2.05, 4.69) is 11.9 Å². The minimum atomic E-state index is -3.62. The second kappa shape index (κ2) is 5.75. The summed E-state index contributed by atoms with van der Waals surface area (Å²) in [5, 5.41) is 3.11. The highest BCUT2D eigenvalue weighted by atomic mass is 32.2. The van der Waals surface area contributed by atoms with Gasteiger partial charge in [-0.15, -0.1) is 0 Å². The Morgan fingerprint density at radius 2 is 2.00 bits per heavy atom. The summed E-state index contributed by atoms with van der Waals surface area (Å²) in [5.41, 5.74) is 1.02. The number of hydrogen-bond acceptors (Lipinski definition) is 4. The number of nitrogens with one attached hydrogen (secondary N) is 1. The third-order valence-corrected chi connectivity index (χ3v) is 4.65. The summed E-state index contributed by atoms with van der Waals surface area (Å²) < 4.78 is 29.0. The van der Waals surface area contributed by atoms with Crippen LogP contribution in [0.2, 0.25) is 0 Å². The molecule has 0 saturated heterocycles. The van der Waals surface area contributed by atoms with Crippen LogP contribution in [0.25, 0.3) is 0 Å². The van der Waals surface area contributed by atoms with Crippen LogP contribution in [0.1, 0.15) is 18.4 Å². The van der Waals surface area contributed by atoms with Crippen molar-refractivity contribution in [1.29, 1.82) is 0 Å². The molecule has 1 fully saturated rings. The summed E-state index contributed by atoms with van der Waals surface area (Å²) in [7, 11) is -3.62. The zero-order chi connectivity index (χ0) is 13.9. The molecular weight excluding hydrogens is 262 g/mol. The van der Waals surface area contributed by atoms with Crippen molar-refractivity contribution in [3.63, 3.8) is 0 Å². The molecule has 1 aliphatic carbocycles. The second-order valence-electron chi connectivity index (χ2n) is 4.96. The predicted octanol–water partition coefficient (Wildman–Crippen LogP) is 2.21. The fraction of sp³-hybridized carbons (Fsp3) is 0.429. The number of rotatable bonds is 6. The average molecular weight is 281 g/mol. The summed E-state index contributed by atoms with van der Waals surface area (Å²) in [6.45, 7) is 5.77. The van der Waals surface area contributed by atoms with Gasteiger partial charge < -0.3 is 5.32 Å². The summed E-state index contributed by atoms with van der Waals surface area (Å²) in [6, 6.07) is 7.10. The Balaban J connectivity index is 1.85. The minimum absolute atomic E-state index is 0.221. The van der Waals surface area contributed by atoms with Crippen LogP contribution < -0.4 is 5.32 Å². The van der Waals surface area contributed by atoms with E-state index in [-0.39, 0.29) is 11.5 Å². The van der Waals surface area contributed by atoms with Crippen molar-refractivity contribution < 1.29 is 12.6 Å². The van der Waals surface area contributed by atoms with Crippen molar-refractivity contribution in [3.8, 4) is 0 Å². The molecule has 0 spiro atoms. The molecule has 0 amide bonds. The van der Waals surface area contributed by atoms with Crippen molar-refractivity contribution >= 4 is 10.1 Å². The first-order valence-corrected chi connectivity index (χ1v) is 7.75. The van der Waals surface area contributed by atoms with Crippen molar-refractivity contribution in [2.45, 2.75) is 30.7 Å². The van der Waals surface area contributed by atoms with Crippen LogP contribution >= 0.6 is 0 Å². The maximum Gasteiger partial charge on any atom is 0.296 e. The normalized spacial score (nSPS) is 22.6. The quantitative estimate of drug-likeness (QED) is 0.812. The van der Waals surface area contributed by atoms with E-state index in [4.69, 9.17) is 4.18 Å². The highest BCUT2D eigenvalue weighted by Crippen LogP contribution is 2.28. The van der Waals surface area contributed by atoms with Gasteiger partial charge in [0.2, 0.25) is 0 Å². The zero-order valence-corrected chi connectivity index (χ0v) is 11.8. The molecule has 4 nitrogen and oxygen atoms in total. The molecule has 0 atom stereocenters. The Hall–Kier alpha value is -1.33. The lowest BCUT2D eigenvalue weighted by atomic mass is 9.81. The molecule has 104 valence electrons. The standard InChI is InChI=1S/C14H19NO3S/c1-3-15-13-8-12(9-13)10-18-19(16,17)14-6-4-11(2)5-7-14/h3-7,12-13,15H,1,8-10H2,2H3. The first-order valence-electron chi connectivity index (χ1n) is 6.34. The maximum absolute atomic E-state index is 11.9. The molecule has 1 saturated carbocycles. The number of hydrogen-bond donors (Lipinski definition) is 1. The fourth-order valence-corrected chi connectivity index (χ4v) is 3.11. The van der Waals surface area contributed by atoms with E-state index >= 15 is 0 Å². The monoisotopic (exact) mass is 281 g/mol. The smallest absolute Gasteiger partial charge is 0.296 e. The van der Waals surface area contributed by atoms with Gasteiger partial charge in [-0.05, 0) is 44.0 Å². The summed E-state index contributed by atoms with van der Waals surface area (Å²) in [4.78, 5) is 0.221. The third kappa shape index (κ3) is 3.58. The van der Waals surface area contributed by atoms with Crippen LogP contribution in [0.4, 0.5) is 0 Å². The lowest BCUT2D eigenvalue weighted by Gasteiger charge is -2.34. The van der Waals surface area contributed by atoms with Crippen LogP contribution in [0.3, 0.4) is 0 Å². The van der Waals surface area contributed by atoms with Gasteiger partial charge in [0.25, 0.3) is 10.1 Å². The van der Waals surface area contributed by atoms with Gasteiger partial charge >= 0.3 is 0 Å². The largest absolute Gasteiger partial charge is 0.389 e. The zero-order valence-electron chi connectivity index (χ0n) is 11.0. The fourth-order valence-electron chi connectivity index (χ4n) is 2.13. The third-order valence-electron chi connectivity index (χ3n) is 3.36. The molecule has 1 aromatic carbocycles. The van der Waals surface area contributed by atoms with Gasteiger partial charge in [-0.2, -0.15) is 8.42 Å². The Labute approximate surface area is 114 Å². The molecular formula is C14H19NO3S. The molecule has 5 heteroatoms. The Morgan fingerprint density at radius 3 is 2.58 bits per heavy atom. The Kier molecular flexibility index (Phi) is 4.27. The van der Waals surface area contributed by atoms with Crippen molar-refractivity contribution in [2.75, 3.05) is 6.61 Å². The minimum Gasteiger partial charge on any atom is -0.389 e. The molecule has 0 radical (unpaired) electrons. The first-order chi connectivity index (χ1) is 9.01. The van der Waals surface area contributed by atoms with Gasteiger partial charge in [0.15, 0.2) is 0 Å². The molecule has 2 rings (SSSR count). The molecule has 1 N–H and O–H groups in total. The summed E-state index contributed by atoms with van der Waals surface area (Å²) >= 11 is 0. The Morgan fingerprint density at radius 1 is 1.37 bits per heavy atom. The van der Waals surface area contributed by atoms with E-state index in [0.717, 1.165) is 18.4 Å². The van der Waals surface area contributed by atoms with E-state index < -0.39 is 10.1 Å². The van der Waals surface area contributed by atoms with E-state index in [1.54, 1.807) is 30.5 Å². The van der Waals surface area contributed by atoms with Gasteiger partial charge in [-0.3, -0.25) is 4.18 Å². The second-order valence-corrected chi connectivity index (χ2v) is 6.57. The molecule has 0 bridgehead atoms. The summed E-state index contributed by atoms with van der Waals surface area (Å²) in [6.07, 6.45) is 3.52. The van der Waals surface area contributed by atoms with Crippen LogP contribution in [0.5, 0.6) is 0 Å². The Bertz CT molecular complexity index is 530. The highest BCUT2D eigenvalue weighted by molar-refractivity contribution is 7.86. The van der Waals surface area contributed by atoms with Gasteiger partial charge in [-0.1, -0.05) is 24.3 Å². The van der Waals surface area contributed by atoms with E-state index in [1.807, 2.05) is 6.92 Å². The van der Waals surface area contributed by atoms with Crippen LogP contribution in [0.15, 0.2) is 41.9 Å². The highest BCUT2D eigenvalue weighted by Gasteiger charge is 2.30. The van der Waals surface area contributed by atoms with Gasteiger partial charge in [0, 0.05) is 6.04 Å². The maximum atomic E-state index is 11.9. The van der Waals surface area contributed by atoms with Gasteiger partial charge in [0.05, 0.1) is 11.5 Å². The van der Waals surface area contributed by atoms with Crippen LogP contribution in [0, 0.1) is 12.8 Å². The lowest BCUT2D eigenvalue weighted by Crippen LogP contribution is -2.40. The molecule has 0 aromatic heterocycles. The van der Waals surface area contributed by atoms with Gasteiger partial charge in [-0.25, -0.2) is 0 Å². The predicted molar refractivity (Wildman–Crippen MR) is 74.2 cm³/mol. The molecule has 0 unspecified atom stereocenters. The number of benzene rings is 1. The lowest BCUT2D eigenvalue weighted by molar-refractivity contribution is 0.152. The summed E-state index contributed by atoms with van der Waals surface area (Å²) in [5.74, 6) is 0.303. The molecule has 1 aliphatic rings. The van der Waals surface area contributed by atoms with Gasteiger partial charge in [0.1, 0.15) is 0 Å². The van der Waals surface area contributed by atoms with E-state index in [0.29, 0.717) is 12.0 Å².